The van der Waals surface area contributed by atoms with E-state index >= 15 is 0 Å². The SMILES string of the molecule is CC1C=C(c2ncccc2COc2cccc(NC(=O)OC(C)(C)C)c2C=O)N(C(C)C)N1. The zero-order valence-electron chi connectivity index (χ0n) is 20.0. The van der Waals surface area contributed by atoms with Crippen LogP contribution in [0.1, 0.15) is 63.2 Å². The van der Waals surface area contributed by atoms with Crippen molar-refractivity contribution in [3.8, 4) is 5.75 Å². The minimum Gasteiger partial charge on any atom is -0.488 e. The maximum absolute atomic E-state index is 12.2. The van der Waals surface area contributed by atoms with Gasteiger partial charge in [0, 0.05) is 23.8 Å². The van der Waals surface area contributed by atoms with Gasteiger partial charge >= 0.3 is 6.09 Å². The molecular formula is C25H32N4O4. The maximum atomic E-state index is 12.2. The number of hydrazine groups is 1. The lowest BCUT2D eigenvalue weighted by molar-refractivity contribution is 0.0636. The summed E-state index contributed by atoms with van der Waals surface area (Å²) < 4.78 is 11.3. The summed E-state index contributed by atoms with van der Waals surface area (Å²) >= 11 is 0. The van der Waals surface area contributed by atoms with Crippen LogP contribution in [0, 0.1) is 0 Å². The van der Waals surface area contributed by atoms with Crippen molar-refractivity contribution in [1.82, 2.24) is 15.4 Å². The van der Waals surface area contributed by atoms with Gasteiger partial charge in [-0.05, 0) is 65.8 Å². The number of carbonyl (C=O) groups is 2. The third-order valence-corrected chi connectivity index (χ3v) is 4.86. The van der Waals surface area contributed by atoms with Gasteiger partial charge in [-0.2, -0.15) is 0 Å². The van der Waals surface area contributed by atoms with Crippen molar-refractivity contribution in [2.75, 3.05) is 5.32 Å². The number of aromatic nitrogens is 1. The summed E-state index contributed by atoms with van der Waals surface area (Å²) in [5, 5.41) is 4.72. The predicted octanol–water partition coefficient (Wildman–Crippen LogP) is 4.78. The van der Waals surface area contributed by atoms with Crippen LogP contribution in [0.15, 0.2) is 42.6 Å². The zero-order chi connectivity index (χ0) is 24.2. The molecule has 0 saturated carbocycles. The molecule has 1 amide bonds. The molecule has 3 rings (SSSR count). The molecule has 176 valence electrons. The summed E-state index contributed by atoms with van der Waals surface area (Å²) in [5.74, 6) is 0.362. The molecule has 1 aliphatic heterocycles. The average Bonchev–Trinajstić information content (AvgIpc) is 3.13. The van der Waals surface area contributed by atoms with Crippen molar-refractivity contribution in [3.63, 3.8) is 0 Å². The van der Waals surface area contributed by atoms with Crippen LogP contribution in [-0.2, 0) is 11.3 Å². The van der Waals surface area contributed by atoms with Crippen LogP contribution in [0.4, 0.5) is 10.5 Å². The fraction of sp³-hybridized carbons (Fsp3) is 0.400. The number of aldehydes is 1. The smallest absolute Gasteiger partial charge is 0.412 e. The molecule has 1 aromatic carbocycles. The summed E-state index contributed by atoms with van der Waals surface area (Å²) in [6.45, 7) is 11.8. The Labute approximate surface area is 195 Å². The number of nitrogens with zero attached hydrogens (tertiary/aromatic N) is 2. The Bertz CT molecular complexity index is 1040. The Morgan fingerprint density at radius 2 is 2.03 bits per heavy atom. The fourth-order valence-electron chi connectivity index (χ4n) is 3.52. The molecule has 0 bridgehead atoms. The molecule has 0 fully saturated rings. The fourth-order valence-corrected chi connectivity index (χ4v) is 3.52. The molecule has 1 aromatic heterocycles. The first-order valence-electron chi connectivity index (χ1n) is 11.0. The van der Waals surface area contributed by atoms with E-state index in [1.54, 1.807) is 45.2 Å². The first-order valence-corrected chi connectivity index (χ1v) is 11.0. The van der Waals surface area contributed by atoms with Crippen LogP contribution < -0.4 is 15.5 Å². The van der Waals surface area contributed by atoms with Gasteiger partial charge in [0.15, 0.2) is 6.29 Å². The van der Waals surface area contributed by atoms with Crippen molar-refractivity contribution in [2.45, 2.75) is 65.8 Å². The highest BCUT2D eigenvalue weighted by Crippen LogP contribution is 2.29. The normalized spacial score (nSPS) is 15.9. The predicted molar refractivity (Wildman–Crippen MR) is 128 cm³/mol. The van der Waals surface area contributed by atoms with Crippen LogP contribution in [-0.4, -0.2) is 40.1 Å². The number of hydrogen-bond donors (Lipinski definition) is 2. The van der Waals surface area contributed by atoms with Crippen LogP contribution in [0.2, 0.25) is 0 Å². The average molecular weight is 453 g/mol. The molecule has 0 radical (unpaired) electrons. The number of rotatable bonds is 7. The summed E-state index contributed by atoms with van der Waals surface area (Å²) in [6, 6.07) is 9.28. The van der Waals surface area contributed by atoms with Crippen molar-refractivity contribution < 1.29 is 19.1 Å². The molecule has 2 aromatic rings. The number of ether oxygens (including phenoxy) is 2. The van der Waals surface area contributed by atoms with E-state index in [1.807, 2.05) is 12.1 Å². The van der Waals surface area contributed by atoms with Crippen molar-refractivity contribution in [3.05, 3.63) is 59.4 Å². The highest BCUT2D eigenvalue weighted by molar-refractivity contribution is 5.95. The summed E-state index contributed by atoms with van der Waals surface area (Å²) in [7, 11) is 0. The highest BCUT2D eigenvalue weighted by Gasteiger charge is 2.26. The second-order valence-electron chi connectivity index (χ2n) is 9.20. The van der Waals surface area contributed by atoms with E-state index in [0.29, 0.717) is 17.7 Å². The Hall–Kier alpha value is -3.39. The Morgan fingerprint density at radius 1 is 1.27 bits per heavy atom. The second kappa shape index (κ2) is 10.0. The zero-order valence-corrected chi connectivity index (χ0v) is 20.0. The largest absolute Gasteiger partial charge is 0.488 e. The molecule has 8 heteroatoms. The van der Waals surface area contributed by atoms with E-state index in [-0.39, 0.29) is 24.3 Å². The number of pyridine rings is 1. The summed E-state index contributed by atoms with van der Waals surface area (Å²) in [5.41, 5.74) is 6.03. The van der Waals surface area contributed by atoms with Gasteiger partial charge in [-0.3, -0.25) is 15.1 Å². The van der Waals surface area contributed by atoms with Gasteiger partial charge in [-0.15, -0.1) is 0 Å². The highest BCUT2D eigenvalue weighted by atomic mass is 16.6. The molecule has 0 saturated heterocycles. The summed E-state index contributed by atoms with van der Waals surface area (Å²) in [6.07, 6.45) is 3.91. The minimum absolute atomic E-state index is 0.190. The molecule has 2 heterocycles. The minimum atomic E-state index is -0.651. The lowest BCUT2D eigenvalue weighted by Crippen LogP contribution is -2.40. The van der Waals surface area contributed by atoms with Gasteiger partial charge in [0.25, 0.3) is 0 Å². The van der Waals surface area contributed by atoms with Crippen LogP contribution in [0.25, 0.3) is 5.70 Å². The van der Waals surface area contributed by atoms with E-state index in [1.165, 1.54) is 0 Å². The van der Waals surface area contributed by atoms with Gasteiger partial charge < -0.3 is 14.5 Å². The van der Waals surface area contributed by atoms with E-state index in [9.17, 15) is 9.59 Å². The lowest BCUT2D eigenvalue weighted by atomic mass is 10.1. The molecule has 2 N–H and O–H groups in total. The molecule has 1 aliphatic rings. The first kappa shape index (κ1) is 24.3. The standard InChI is InChI=1S/C25H32N4O4/c1-16(2)29-21(13-17(3)28-29)23-18(9-8-12-26-23)15-32-22-11-7-10-20(19(22)14-30)27-24(31)33-25(4,5)6/h7-14,16-17,28H,15H2,1-6H3,(H,27,31). The van der Waals surface area contributed by atoms with Crippen molar-refractivity contribution >= 4 is 23.8 Å². The van der Waals surface area contributed by atoms with E-state index in [2.05, 4.69) is 47.6 Å². The Kier molecular flexibility index (Phi) is 7.38. The third kappa shape index (κ3) is 6.10. The quantitative estimate of drug-likeness (QED) is 0.584. The van der Waals surface area contributed by atoms with Crippen LogP contribution in [0.3, 0.4) is 0 Å². The molecule has 33 heavy (non-hydrogen) atoms. The third-order valence-electron chi connectivity index (χ3n) is 4.86. The summed E-state index contributed by atoms with van der Waals surface area (Å²) in [4.78, 5) is 28.6. The Balaban J connectivity index is 1.82. The Morgan fingerprint density at radius 3 is 2.70 bits per heavy atom. The first-order chi connectivity index (χ1) is 15.6. The molecule has 0 spiro atoms. The number of amides is 1. The van der Waals surface area contributed by atoms with Crippen molar-refractivity contribution in [2.24, 2.45) is 0 Å². The van der Waals surface area contributed by atoms with E-state index in [0.717, 1.165) is 17.0 Å². The van der Waals surface area contributed by atoms with Crippen LogP contribution in [0.5, 0.6) is 5.75 Å². The molecule has 1 atom stereocenters. The topological polar surface area (TPSA) is 92.8 Å². The number of hydrogen-bond acceptors (Lipinski definition) is 7. The number of anilines is 1. The van der Waals surface area contributed by atoms with Crippen LogP contribution >= 0.6 is 0 Å². The number of nitrogens with one attached hydrogen (secondary N) is 2. The maximum Gasteiger partial charge on any atom is 0.412 e. The van der Waals surface area contributed by atoms with Crippen molar-refractivity contribution in [1.29, 1.82) is 0 Å². The monoisotopic (exact) mass is 452 g/mol. The molecule has 0 aliphatic carbocycles. The van der Waals surface area contributed by atoms with Gasteiger partial charge in [0.05, 0.1) is 22.6 Å². The van der Waals surface area contributed by atoms with Gasteiger partial charge in [0.1, 0.15) is 18.0 Å². The van der Waals surface area contributed by atoms with Gasteiger partial charge in [-0.25, -0.2) is 10.2 Å². The molecule has 8 nitrogen and oxygen atoms in total. The van der Waals surface area contributed by atoms with E-state index < -0.39 is 11.7 Å². The second-order valence-corrected chi connectivity index (χ2v) is 9.20. The van der Waals surface area contributed by atoms with Gasteiger partial charge in [-0.1, -0.05) is 12.1 Å². The van der Waals surface area contributed by atoms with Gasteiger partial charge in [0.2, 0.25) is 0 Å². The van der Waals surface area contributed by atoms with E-state index in [4.69, 9.17) is 9.47 Å². The molecule has 1 unspecified atom stereocenters. The number of carbonyl (C=O) groups excluding carboxylic acids is 2. The number of benzene rings is 1. The lowest BCUT2D eigenvalue weighted by Gasteiger charge is -2.28. The molecular weight excluding hydrogens is 420 g/mol.